The van der Waals surface area contributed by atoms with Crippen molar-refractivity contribution in [3.8, 4) is 0 Å². The van der Waals surface area contributed by atoms with Gasteiger partial charge in [0, 0.05) is 19.4 Å². The van der Waals surface area contributed by atoms with Crippen molar-refractivity contribution in [1.29, 1.82) is 0 Å². The fourth-order valence-corrected chi connectivity index (χ4v) is 2.45. The minimum absolute atomic E-state index is 0.251. The van der Waals surface area contributed by atoms with Crippen LogP contribution in [0.4, 0.5) is 10.1 Å². The Morgan fingerprint density at radius 1 is 1.29 bits per heavy atom. The number of hydrogen-bond donors (Lipinski definition) is 2. The molecule has 0 atom stereocenters. The summed E-state index contributed by atoms with van der Waals surface area (Å²) in [6.07, 6.45) is 5.24. The first-order chi connectivity index (χ1) is 11.6. The molecule has 0 radical (unpaired) electrons. The van der Waals surface area contributed by atoms with Crippen molar-refractivity contribution in [1.82, 2.24) is 24.9 Å². The van der Waals surface area contributed by atoms with Crippen LogP contribution in [0.1, 0.15) is 11.3 Å². The Morgan fingerprint density at radius 3 is 2.92 bits per heavy atom. The highest BCUT2D eigenvalue weighted by Gasteiger charge is 2.04. The molecule has 0 bridgehead atoms. The molecule has 2 N–H and O–H groups in total. The molecule has 0 fully saturated rings. The summed E-state index contributed by atoms with van der Waals surface area (Å²) in [4.78, 5) is 0. The Hall–Kier alpha value is -2.74. The largest absolute Gasteiger partial charge is 0.357 e. The Labute approximate surface area is 144 Å². The number of nitrogens with one attached hydrogen (secondary N) is 2. The van der Waals surface area contributed by atoms with Crippen LogP contribution in [-0.4, -0.2) is 24.7 Å². The van der Waals surface area contributed by atoms with Gasteiger partial charge in [-0.25, -0.2) is 4.39 Å². The van der Waals surface area contributed by atoms with E-state index in [0.717, 1.165) is 16.9 Å². The molecule has 0 saturated heterocycles. The number of aromatic nitrogens is 4. The zero-order valence-corrected chi connectivity index (χ0v) is 13.9. The maximum Gasteiger partial charge on any atom is 0.171 e. The highest BCUT2D eigenvalue weighted by Crippen LogP contribution is 2.09. The molecule has 0 amide bonds. The second kappa shape index (κ2) is 7.22. The summed E-state index contributed by atoms with van der Waals surface area (Å²) in [6.45, 7) is 1.08. The highest BCUT2D eigenvalue weighted by atomic mass is 32.1. The van der Waals surface area contributed by atoms with Crippen LogP contribution in [0.5, 0.6) is 0 Å². The Kier molecular flexibility index (Phi) is 4.85. The van der Waals surface area contributed by atoms with Gasteiger partial charge in [-0.3, -0.25) is 9.36 Å². The molecular weight excluding hydrogens is 327 g/mol. The molecule has 0 aliphatic carbocycles. The van der Waals surface area contributed by atoms with E-state index in [1.165, 1.54) is 12.1 Å². The standard InChI is InChI=1S/C16H17FN6S/c1-22-15(5-6-19-22)9-18-16(24)21-14-8-20-23(11-14)10-12-3-2-4-13(17)7-12/h2-8,11H,9-10H2,1H3,(H2,18,21,24). The number of hydrogen-bond acceptors (Lipinski definition) is 3. The average molecular weight is 344 g/mol. The monoisotopic (exact) mass is 344 g/mol. The van der Waals surface area contributed by atoms with E-state index in [2.05, 4.69) is 20.8 Å². The number of benzene rings is 1. The molecule has 124 valence electrons. The Morgan fingerprint density at radius 2 is 2.17 bits per heavy atom. The molecular formula is C16H17FN6S. The zero-order chi connectivity index (χ0) is 16.9. The third kappa shape index (κ3) is 4.17. The molecule has 0 aliphatic rings. The van der Waals surface area contributed by atoms with Crippen molar-refractivity contribution in [2.75, 3.05) is 5.32 Å². The van der Waals surface area contributed by atoms with Gasteiger partial charge in [0.2, 0.25) is 0 Å². The Bertz CT molecular complexity index is 840. The SMILES string of the molecule is Cn1nccc1CNC(=S)Nc1cnn(Cc2cccc(F)c2)c1. The molecule has 1 aromatic carbocycles. The smallest absolute Gasteiger partial charge is 0.171 e. The van der Waals surface area contributed by atoms with Gasteiger partial charge in [-0.05, 0) is 36.0 Å². The van der Waals surface area contributed by atoms with Crippen LogP contribution in [0.3, 0.4) is 0 Å². The summed E-state index contributed by atoms with van der Waals surface area (Å²) >= 11 is 5.27. The summed E-state index contributed by atoms with van der Waals surface area (Å²) in [6, 6.07) is 8.39. The number of halogens is 1. The molecule has 24 heavy (non-hydrogen) atoms. The third-order valence-electron chi connectivity index (χ3n) is 3.48. The van der Waals surface area contributed by atoms with Crippen LogP contribution in [-0.2, 0) is 20.1 Å². The van der Waals surface area contributed by atoms with Crippen LogP contribution in [0.15, 0.2) is 48.9 Å². The van der Waals surface area contributed by atoms with Crippen molar-refractivity contribution >= 4 is 23.0 Å². The maximum atomic E-state index is 13.2. The van der Waals surface area contributed by atoms with Crippen LogP contribution in [0.25, 0.3) is 0 Å². The lowest BCUT2D eigenvalue weighted by Gasteiger charge is -2.09. The lowest BCUT2D eigenvalue weighted by Crippen LogP contribution is -2.28. The molecule has 3 aromatic rings. The van der Waals surface area contributed by atoms with E-state index in [9.17, 15) is 4.39 Å². The quantitative estimate of drug-likeness (QED) is 0.696. The summed E-state index contributed by atoms with van der Waals surface area (Å²) in [7, 11) is 1.88. The summed E-state index contributed by atoms with van der Waals surface area (Å²) < 4.78 is 16.7. The van der Waals surface area contributed by atoms with E-state index in [0.29, 0.717) is 18.2 Å². The highest BCUT2D eigenvalue weighted by molar-refractivity contribution is 7.80. The van der Waals surface area contributed by atoms with Crippen molar-refractivity contribution < 1.29 is 4.39 Å². The average Bonchev–Trinajstić information content (AvgIpc) is 3.14. The molecule has 0 unspecified atom stereocenters. The van der Waals surface area contributed by atoms with E-state index in [-0.39, 0.29) is 5.82 Å². The van der Waals surface area contributed by atoms with E-state index < -0.39 is 0 Å². The van der Waals surface area contributed by atoms with Gasteiger partial charge in [0.15, 0.2) is 5.11 Å². The molecule has 0 spiro atoms. The molecule has 6 nitrogen and oxygen atoms in total. The van der Waals surface area contributed by atoms with Crippen LogP contribution >= 0.6 is 12.2 Å². The fourth-order valence-electron chi connectivity index (χ4n) is 2.26. The molecule has 0 aliphatic heterocycles. The zero-order valence-electron chi connectivity index (χ0n) is 13.1. The number of aryl methyl sites for hydroxylation is 1. The van der Waals surface area contributed by atoms with E-state index in [1.54, 1.807) is 27.8 Å². The predicted octanol–water partition coefficient (Wildman–Crippen LogP) is 2.29. The topological polar surface area (TPSA) is 59.7 Å². The van der Waals surface area contributed by atoms with Crippen molar-refractivity contribution in [2.24, 2.45) is 7.05 Å². The van der Waals surface area contributed by atoms with Gasteiger partial charge in [-0.15, -0.1) is 0 Å². The molecule has 2 heterocycles. The van der Waals surface area contributed by atoms with Gasteiger partial charge < -0.3 is 10.6 Å². The van der Waals surface area contributed by atoms with Crippen LogP contribution in [0, 0.1) is 5.82 Å². The van der Waals surface area contributed by atoms with Crippen molar-refractivity contribution in [3.05, 3.63) is 66.0 Å². The van der Waals surface area contributed by atoms with E-state index in [4.69, 9.17) is 12.2 Å². The first kappa shape index (κ1) is 16.1. The molecule has 3 rings (SSSR count). The van der Waals surface area contributed by atoms with Crippen molar-refractivity contribution in [2.45, 2.75) is 13.1 Å². The normalized spacial score (nSPS) is 10.6. The van der Waals surface area contributed by atoms with Gasteiger partial charge in [0.1, 0.15) is 5.82 Å². The lowest BCUT2D eigenvalue weighted by molar-refractivity contribution is 0.619. The minimum atomic E-state index is -0.251. The second-order valence-electron chi connectivity index (χ2n) is 5.31. The predicted molar refractivity (Wildman–Crippen MR) is 94.0 cm³/mol. The number of thiocarbonyl (C=S) groups is 1. The van der Waals surface area contributed by atoms with Gasteiger partial charge >= 0.3 is 0 Å². The number of nitrogens with zero attached hydrogens (tertiary/aromatic N) is 4. The first-order valence-electron chi connectivity index (χ1n) is 7.39. The van der Waals surface area contributed by atoms with Gasteiger partial charge in [0.05, 0.1) is 30.7 Å². The van der Waals surface area contributed by atoms with Gasteiger partial charge in [-0.1, -0.05) is 12.1 Å². The van der Waals surface area contributed by atoms with Gasteiger partial charge in [-0.2, -0.15) is 10.2 Å². The first-order valence-corrected chi connectivity index (χ1v) is 7.79. The summed E-state index contributed by atoms with van der Waals surface area (Å²) in [5, 5.41) is 15.0. The summed E-state index contributed by atoms with van der Waals surface area (Å²) in [5.41, 5.74) is 2.65. The summed E-state index contributed by atoms with van der Waals surface area (Å²) in [5.74, 6) is -0.251. The number of anilines is 1. The second-order valence-corrected chi connectivity index (χ2v) is 5.72. The van der Waals surface area contributed by atoms with Crippen LogP contribution < -0.4 is 10.6 Å². The van der Waals surface area contributed by atoms with Gasteiger partial charge in [0.25, 0.3) is 0 Å². The fraction of sp³-hybridized carbons (Fsp3) is 0.188. The maximum absolute atomic E-state index is 13.2. The Balaban J connectivity index is 1.53. The van der Waals surface area contributed by atoms with E-state index >= 15 is 0 Å². The number of rotatable bonds is 5. The lowest BCUT2D eigenvalue weighted by atomic mass is 10.2. The van der Waals surface area contributed by atoms with Crippen molar-refractivity contribution in [3.63, 3.8) is 0 Å². The molecule has 2 aromatic heterocycles. The van der Waals surface area contributed by atoms with E-state index in [1.807, 2.05) is 25.4 Å². The molecule has 8 heteroatoms. The third-order valence-corrected chi connectivity index (χ3v) is 3.72. The minimum Gasteiger partial charge on any atom is -0.357 e. The molecule has 0 saturated carbocycles. The van der Waals surface area contributed by atoms with Crippen LogP contribution in [0.2, 0.25) is 0 Å².